The molecular formula is C24H26N5O2S+. The highest BCUT2D eigenvalue weighted by atomic mass is 32.2. The standard InChI is InChI=1S/C24H26N5O2S/c30-24(27-11-13-32-17-27)19-14-20-4-3-12-29(20,15-19)28-9-6-18(7-10-28)22-23(31-16-26-22)21-5-1-2-8-25-21/h1-5,8,12,14,16,18H,6-7,9-11,13,15,17H2/q+1/t29-/m1/s1. The number of hydrogen-bond acceptors (Lipinski definition) is 6. The number of pyridine rings is 1. The number of piperidine rings is 1. The summed E-state index contributed by atoms with van der Waals surface area (Å²) in [5.41, 5.74) is 3.98. The van der Waals surface area contributed by atoms with Crippen LogP contribution in [0.25, 0.3) is 11.5 Å². The second-order valence-corrected chi connectivity index (χ2v) is 9.78. The van der Waals surface area contributed by atoms with E-state index in [0.717, 1.165) is 73.4 Å². The van der Waals surface area contributed by atoms with Crippen molar-refractivity contribution in [3.63, 3.8) is 0 Å². The minimum absolute atomic E-state index is 0.202. The normalized spacial score (nSPS) is 25.8. The molecular weight excluding hydrogens is 422 g/mol. The highest BCUT2D eigenvalue weighted by Gasteiger charge is 2.48. The number of nitrogens with zero attached hydrogens (tertiary/aromatic N) is 5. The van der Waals surface area contributed by atoms with Crippen molar-refractivity contribution >= 4 is 17.7 Å². The fraction of sp³-hybridized carbons (Fsp3) is 0.375. The molecule has 164 valence electrons. The van der Waals surface area contributed by atoms with Crippen molar-refractivity contribution < 1.29 is 13.8 Å². The minimum atomic E-state index is 0.202. The number of carbonyl (C=O) groups is 1. The third kappa shape index (κ3) is 3.25. The highest BCUT2D eigenvalue weighted by molar-refractivity contribution is 7.99. The van der Waals surface area contributed by atoms with Gasteiger partial charge in [0.25, 0.3) is 5.91 Å². The zero-order valence-corrected chi connectivity index (χ0v) is 18.7. The molecule has 0 bridgehead atoms. The van der Waals surface area contributed by atoms with Crippen LogP contribution in [0, 0.1) is 0 Å². The first-order chi connectivity index (χ1) is 15.7. The average Bonchev–Trinajstić information content (AvgIpc) is 3.63. The molecule has 2 saturated heterocycles. The lowest BCUT2D eigenvalue weighted by molar-refractivity contribution is -0.949. The van der Waals surface area contributed by atoms with Crippen molar-refractivity contribution in [1.29, 1.82) is 0 Å². The zero-order chi connectivity index (χ0) is 21.5. The Morgan fingerprint density at radius 2 is 2.09 bits per heavy atom. The molecule has 32 heavy (non-hydrogen) atoms. The minimum Gasteiger partial charge on any atom is -0.442 e. The Labute approximate surface area is 191 Å². The van der Waals surface area contributed by atoms with Crippen LogP contribution in [0.3, 0.4) is 0 Å². The number of quaternary nitrogens is 1. The van der Waals surface area contributed by atoms with Crippen LogP contribution in [0.5, 0.6) is 0 Å². The van der Waals surface area contributed by atoms with Crippen LogP contribution < -0.4 is 0 Å². The Kier molecular flexibility index (Phi) is 5.01. The van der Waals surface area contributed by atoms with Gasteiger partial charge in [0, 0.05) is 49.7 Å². The third-order valence-electron chi connectivity index (χ3n) is 6.95. The Hall–Kier alpha value is -2.68. The fourth-order valence-corrected chi connectivity index (χ4v) is 6.23. The van der Waals surface area contributed by atoms with E-state index in [9.17, 15) is 4.79 Å². The lowest BCUT2D eigenvalue weighted by Crippen LogP contribution is -2.56. The maximum absolute atomic E-state index is 13.0. The van der Waals surface area contributed by atoms with Crippen LogP contribution in [-0.2, 0) is 4.79 Å². The molecule has 7 nitrogen and oxygen atoms in total. The summed E-state index contributed by atoms with van der Waals surface area (Å²) in [5, 5.41) is 2.50. The van der Waals surface area contributed by atoms with Gasteiger partial charge in [0.2, 0.25) is 0 Å². The number of aromatic nitrogens is 2. The van der Waals surface area contributed by atoms with Gasteiger partial charge in [0.1, 0.15) is 18.4 Å². The Morgan fingerprint density at radius 3 is 2.88 bits per heavy atom. The lowest BCUT2D eigenvalue weighted by atomic mass is 9.92. The van der Waals surface area contributed by atoms with Gasteiger partial charge in [-0.1, -0.05) is 6.07 Å². The van der Waals surface area contributed by atoms with Crippen molar-refractivity contribution in [2.75, 3.05) is 37.8 Å². The molecule has 6 heterocycles. The van der Waals surface area contributed by atoms with Crippen LogP contribution in [0.4, 0.5) is 0 Å². The van der Waals surface area contributed by atoms with Gasteiger partial charge in [-0.25, -0.2) is 4.98 Å². The smallest absolute Gasteiger partial charge is 0.256 e. The Bertz CT molecular complexity index is 1110. The summed E-state index contributed by atoms with van der Waals surface area (Å²) in [6.45, 7) is 3.46. The largest absolute Gasteiger partial charge is 0.442 e. The number of thioether (sulfide) groups is 1. The molecule has 0 N–H and O–H groups in total. The maximum atomic E-state index is 13.0. The quantitative estimate of drug-likeness (QED) is 0.667. The van der Waals surface area contributed by atoms with E-state index < -0.39 is 0 Å². The van der Waals surface area contributed by atoms with E-state index in [4.69, 9.17) is 4.42 Å². The Balaban J connectivity index is 1.17. The molecule has 1 atom stereocenters. The van der Waals surface area contributed by atoms with E-state index in [0.29, 0.717) is 10.5 Å². The van der Waals surface area contributed by atoms with E-state index >= 15 is 0 Å². The van der Waals surface area contributed by atoms with Gasteiger partial charge in [-0.3, -0.25) is 9.78 Å². The van der Waals surface area contributed by atoms with Crippen LogP contribution in [-0.4, -0.2) is 68.2 Å². The van der Waals surface area contributed by atoms with Crippen molar-refractivity contribution in [3.05, 3.63) is 72.2 Å². The highest BCUT2D eigenvalue weighted by Crippen LogP contribution is 2.41. The molecule has 0 spiro atoms. The van der Waals surface area contributed by atoms with Crippen molar-refractivity contribution in [2.45, 2.75) is 18.8 Å². The summed E-state index contributed by atoms with van der Waals surface area (Å²) in [7, 11) is 0. The van der Waals surface area contributed by atoms with E-state index in [-0.39, 0.29) is 5.91 Å². The summed E-state index contributed by atoms with van der Waals surface area (Å²) in [4.78, 5) is 24.0. The summed E-state index contributed by atoms with van der Waals surface area (Å²) < 4.78 is 6.38. The van der Waals surface area contributed by atoms with Gasteiger partial charge in [-0.05, 0) is 31.1 Å². The lowest BCUT2D eigenvalue weighted by Gasteiger charge is -2.42. The van der Waals surface area contributed by atoms with E-state index in [1.165, 1.54) is 12.1 Å². The molecule has 0 radical (unpaired) electrons. The van der Waals surface area contributed by atoms with Gasteiger partial charge in [-0.2, -0.15) is 4.59 Å². The Morgan fingerprint density at radius 1 is 1.19 bits per heavy atom. The van der Waals surface area contributed by atoms with Crippen LogP contribution in [0.2, 0.25) is 0 Å². The van der Waals surface area contributed by atoms with Gasteiger partial charge in [-0.15, -0.1) is 16.8 Å². The second kappa shape index (κ2) is 8.03. The summed E-state index contributed by atoms with van der Waals surface area (Å²) >= 11 is 1.83. The zero-order valence-electron chi connectivity index (χ0n) is 17.9. The molecule has 0 unspecified atom stereocenters. The maximum Gasteiger partial charge on any atom is 0.256 e. The molecule has 2 aromatic heterocycles. The van der Waals surface area contributed by atoms with Gasteiger partial charge in [0.05, 0.1) is 17.1 Å². The van der Waals surface area contributed by atoms with Gasteiger partial charge < -0.3 is 9.32 Å². The number of amides is 1. The van der Waals surface area contributed by atoms with Crippen molar-refractivity contribution in [1.82, 2.24) is 19.9 Å². The number of oxazole rings is 1. The van der Waals surface area contributed by atoms with Crippen LogP contribution in [0.1, 0.15) is 24.5 Å². The van der Waals surface area contributed by atoms with Crippen LogP contribution in [0.15, 0.2) is 70.9 Å². The van der Waals surface area contributed by atoms with Crippen molar-refractivity contribution in [3.8, 4) is 11.5 Å². The first-order valence-corrected chi connectivity index (χ1v) is 12.4. The first kappa shape index (κ1) is 20.0. The van der Waals surface area contributed by atoms with E-state index in [1.807, 2.05) is 34.9 Å². The average molecular weight is 449 g/mol. The molecule has 4 aliphatic rings. The predicted octanol–water partition coefficient (Wildman–Crippen LogP) is 3.53. The molecule has 6 rings (SSSR count). The van der Waals surface area contributed by atoms with E-state index in [1.54, 1.807) is 6.20 Å². The fourth-order valence-electron chi connectivity index (χ4n) is 5.28. The number of rotatable bonds is 4. The summed E-state index contributed by atoms with van der Waals surface area (Å²) in [6, 6.07) is 5.85. The van der Waals surface area contributed by atoms with Crippen molar-refractivity contribution in [2.24, 2.45) is 0 Å². The first-order valence-electron chi connectivity index (χ1n) is 11.2. The summed E-state index contributed by atoms with van der Waals surface area (Å²) in [6.07, 6.45) is 14.0. The number of carbonyl (C=O) groups excluding carboxylic acids is 1. The molecule has 2 aromatic rings. The molecule has 2 fully saturated rings. The third-order valence-corrected chi connectivity index (χ3v) is 7.92. The molecule has 0 aliphatic carbocycles. The molecule has 8 heteroatoms. The predicted molar refractivity (Wildman–Crippen MR) is 123 cm³/mol. The number of allylic oxidation sites excluding steroid dienone is 3. The summed E-state index contributed by atoms with van der Waals surface area (Å²) in [5.74, 6) is 3.19. The second-order valence-electron chi connectivity index (χ2n) is 8.70. The number of fused-ring (bicyclic) bond motifs is 1. The number of hydrogen-bond donors (Lipinski definition) is 0. The molecule has 0 saturated carbocycles. The molecule has 4 aliphatic heterocycles. The molecule has 1 amide bonds. The molecule has 0 aromatic carbocycles. The van der Waals surface area contributed by atoms with Gasteiger partial charge >= 0.3 is 0 Å². The topological polar surface area (TPSA) is 62.5 Å². The SMILES string of the molecule is O=C(C1=CC2=CC=C[N@@+]2(N2CCC(c3ncoc3-c3ccccn3)CC2)C1)N1CCSC1. The monoisotopic (exact) mass is 448 g/mol. The van der Waals surface area contributed by atoms with E-state index in [2.05, 4.69) is 39.4 Å². The van der Waals surface area contributed by atoms with Crippen LogP contribution >= 0.6 is 11.8 Å². The van der Waals surface area contributed by atoms with Gasteiger partial charge in [0.15, 0.2) is 17.9 Å².